The predicted octanol–water partition coefficient (Wildman–Crippen LogP) is 1.13. The zero-order valence-corrected chi connectivity index (χ0v) is 8.46. The monoisotopic (exact) mass is 184 g/mol. The molecule has 3 heteroatoms. The molecule has 1 rings (SSSR count). The Bertz CT molecular complexity index is 166. The summed E-state index contributed by atoms with van der Waals surface area (Å²) in [6.45, 7) is 3.59. The maximum Gasteiger partial charge on any atom is 0.222 e. The van der Waals surface area contributed by atoms with Crippen LogP contribution in [0.15, 0.2) is 0 Å². The number of hydrogen-bond donors (Lipinski definition) is 1. The van der Waals surface area contributed by atoms with E-state index in [9.17, 15) is 4.79 Å². The van der Waals surface area contributed by atoms with Crippen LogP contribution in [0.4, 0.5) is 0 Å². The topological polar surface area (TPSA) is 46.3 Å². The number of carbonyl (C=O) groups is 1. The van der Waals surface area contributed by atoms with Gasteiger partial charge in [0.25, 0.3) is 0 Å². The van der Waals surface area contributed by atoms with Crippen molar-refractivity contribution in [1.82, 2.24) is 4.90 Å². The van der Waals surface area contributed by atoms with Crippen LogP contribution in [0.2, 0.25) is 0 Å². The zero-order chi connectivity index (χ0) is 9.68. The molecule has 0 spiro atoms. The van der Waals surface area contributed by atoms with Gasteiger partial charge in [0, 0.05) is 19.0 Å². The van der Waals surface area contributed by atoms with E-state index in [-0.39, 0.29) is 0 Å². The smallest absolute Gasteiger partial charge is 0.222 e. The maximum atomic E-state index is 11.6. The Morgan fingerprint density at radius 3 is 2.69 bits per heavy atom. The Morgan fingerprint density at radius 1 is 1.54 bits per heavy atom. The highest BCUT2D eigenvalue weighted by atomic mass is 16.2. The third-order valence-electron chi connectivity index (χ3n) is 2.37. The van der Waals surface area contributed by atoms with Gasteiger partial charge in [0.15, 0.2) is 0 Å². The second-order valence-electron chi connectivity index (χ2n) is 3.71. The summed E-state index contributed by atoms with van der Waals surface area (Å²) in [5.74, 6) is 0.318. The molecule has 0 unspecified atom stereocenters. The highest BCUT2D eigenvalue weighted by molar-refractivity contribution is 5.76. The maximum absolute atomic E-state index is 11.6. The summed E-state index contributed by atoms with van der Waals surface area (Å²) in [4.78, 5) is 13.6. The molecule has 1 aliphatic carbocycles. The molecule has 3 nitrogen and oxygen atoms in total. The van der Waals surface area contributed by atoms with Crippen LogP contribution < -0.4 is 5.73 Å². The number of nitrogens with two attached hydrogens (primary N) is 1. The third-order valence-corrected chi connectivity index (χ3v) is 2.37. The fraction of sp³-hybridized carbons (Fsp3) is 0.900. The lowest BCUT2D eigenvalue weighted by Crippen LogP contribution is -2.34. The quantitative estimate of drug-likeness (QED) is 0.672. The molecule has 0 bridgehead atoms. The number of hydrogen-bond acceptors (Lipinski definition) is 2. The van der Waals surface area contributed by atoms with Gasteiger partial charge in [0.05, 0.1) is 0 Å². The van der Waals surface area contributed by atoms with Gasteiger partial charge in [-0.25, -0.2) is 0 Å². The molecule has 0 aromatic carbocycles. The number of carbonyl (C=O) groups excluding carboxylic acids is 1. The van der Waals surface area contributed by atoms with E-state index in [2.05, 4.69) is 0 Å². The van der Waals surface area contributed by atoms with Crippen LogP contribution in [0.3, 0.4) is 0 Å². The van der Waals surface area contributed by atoms with Crippen molar-refractivity contribution >= 4 is 5.91 Å². The second-order valence-corrected chi connectivity index (χ2v) is 3.71. The van der Waals surface area contributed by atoms with E-state index in [0.717, 1.165) is 19.4 Å². The highest BCUT2D eigenvalue weighted by Crippen LogP contribution is 2.27. The normalized spacial score (nSPS) is 15.8. The lowest BCUT2D eigenvalue weighted by atomic mass is 10.2. The van der Waals surface area contributed by atoms with Crippen molar-refractivity contribution in [2.45, 2.75) is 45.1 Å². The first kappa shape index (κ1) is 10.5. The van der Waals surface area contributed by atoms with Crippen molar-refractivity contribution in [3.63, 3.8) is 0 Å². The van der Waals surface area contributed by atoms with Gasteiger partial charge in [-0.15, -0.1) is 0 Å². The lowest BCUT2D eigenvalue weighted by molar-refractivity contribution is -0.131. The molecule has 2 N–H and O–H groups in total. The highest BCUT2D eigenvalue weighted by Gasteiger charge is 2.31. The largest absolute Gasteiger partial charge is 0.340 e. The molecule has 1 aliphatic rings. The Hall–Kier alpha value is -0.570. The average Bonchev–Trinajstić information content (AvgIpc) is 2.89. The van der Waals surface area contributed by atoms with Crippen LogP contribution in [0.25, 0.3) is 0 Å². The fourth-order valence-electron chi connectivity index (χ4n) is 1.52. The van der Waals surface area contributed by atoms with Gasteiger partial charge in [-0.1, -0.05) is 6.92 Å². The standard InChI is InChI=1S/C10H20N2O/c1-2-4-10(13)12(8-3-7-11)9-5-6-9/h9H,2-8,11H2,1H3. The summed E-state index contributed by atoms with van der Waals surface area (Å²) in [5, 5.41) is 0. The average molecular weight is 184 g/mol. The summed E-state index contributed by atoms with van der Waals surface area (Å²) >= 11 is 0. The predicted molar refractivity (Wildman–Crippen MR) is 53.3 cm³/mol. The molecule has 1 amide bonds. The van der Waals surface area contributed by atoms with Gasteiger partial charge in [-0.3, -0.25) is 4.79 Å². The Balaban J connectivity index is 2.32. The molecule has 0 aromatic heterocycles. The number of amides is 1. The van der Waals surface area contributed by atoms with Gasteiger partial charge in [0.2, 0.25) is 5.91 Å². The molecule has 1 saturated carbocycles. The molecule has 0 radical (unpaired) electrons. The van der Waals surface area contributed by atoms with E-state index in [4.69, 9.17) is 5.73 Å². The SMILES string of the molecule is CCCC(=O)N(CCCN)C1CC1. The van der Waals surface area contributed by atoms with E-state index >= 15 is 0 Å². The minimum atomic E-state index is 0.318. The first-order valence-electron chi connectivity index (χ1n) is 5.29. The molecule has 1 fully saturated rings. The molecule has 0 aromatic rings. The summed E-state index contributed by atoms with van der Waals surface area (Å²) < 4.78 is 0. The molecule has 0 atom stereocenters. The zero-order valence-electron chi connectivity index (χ0n) is 8.46. The van der Waals surface area contributed by atoms with Crippen molar-refractivity contribution in [3.05, 3.63) is 0 Å². The second kappa shape index (κ2) is 5.22. The summed E-state index contributed by atoms with van der Waals surface area (Å²) in [7, 11) is 0. The molecular weight excluding hydrogens is 164 g/mol. The van der Waals surface area contributed by atoms with E-state index in [1.807, 2.05) is 11.8 Å². The van der Waals surface area contributed by atoms with Gasteiger partial charge in [-0.2, -0.15) is 0 Å². The van der Waals surface area contributed by atoms with Crippen LogP contribution in [0.1, 0.15) is 39.0 Å². The van der Waals surface area contributed by atoms with E-state index in [0.29, 0.717) is 24.9 Å². The van der Waals surface area contributed by atoms with Crippen LogP contribution >= 0.6 is 0 Å². The molecule has 0 heterocycles. The number of nitrogens with zero attached hydrogens (tertiary/aromatic N) is 1. The van der Waals surface area contributed by atoms with Crippen molar-refractivity contribution in [3.8, 4) is 0 Å². The van der Waals surface area contributed by atoms with Crippen LogP contribution in [-0.4, -0.2) is 29.9 Å². The first-order valence-corrected chi connectivity index (χ1v) is 5.29. The molecule has 76 valence electrons. The Labute approximate surface area is 80.3 Å². The fourth-order valence-corrected chi connectivity index (χ4v) is 1.52. The van der Waals surface area contributed by atoms with Gasteiger partial charge < -0.3 is 10.6 Å². The van der Waals surface area contributed by atoms with Crippen molar-refractivity contribution in [2.75, 3.05) is 13.1 Å². The number of rotatable bonds is 6. The Kier molecular flexibility index (Phi) is 4.22. The van der Waals surface area contributed by atoms with Gasteiger partial charge in [-0.05, 0) is 32.2 Å². The molecule has 0 aliphatic heterocycles. The van der Waals surface area contributed by atoms with Gasteiger partial charge >= 0.3 is 0 Å². The summed E-state index contributed by atoms with van der Waals surface area (Å²) in [5.41, 5.74) is 5.43. The van der Waals surface area contributed by atoms with Gasteiger partial charge in [0.1, 0.15) is 0 Å². The van der Waals surface area contributed by atoms with E-state index in [1.165, 1.54) is 12.8 Å². The first-order chi connectivity index (χ1) is 6.29. The minimum absolute atomic E-state index is 0.318. The van der Waals surface area contributed by atoms with Crippen molar-refractivity contribution in [1.29, 1.82) is 0 Å². The lowest BCUT2D eigenvalue weighted by Gasteiger charge is -2.21. The van der Waals surface area contributed by atoms with Crippen molar-refractivity contribution in [2.24, 2.45) is 5.73 Å². The van der Waals surface area contributed by atoms with Crippen molar-refractivity contribution < 1.29 is 4.79 Å². The third kappa shape index (κ3) is 3.35. The summed E-state index contributed by atoms with van der Waals surface area (Å²) in [6.07, 6.45) is 4.97. The van der Waals surface area contributed by atoms with E-state index < -0.39 is 0 Å². The summed E-state index contributed by atoms with van der Waals surface area (Å²) in [6, 6.07) is 0.547. The van der Waals surface area contributed by atoms with Crippen LogP contribution in [0.5, 0.6) is 0 Å². The van der Waals surface area contributed by atoms with E-state index in [1.54, 1.807) is 0 Å². The van der Waals surface area contributed by atoms with Crippen LogP contribution in [0, 0.1) is 0 Å². The Morgan fingerprint density at radius 2 is 2.23 bits per heavy atom. The van der Waals surface area contributed by atoms with Crippen LogP contribution in [-0.2, 0) is 4.79 Å². The molecule has 13 heavy (non-hydrogen) atoms. The molecule has 0 saturated heterocycles. The minimum Gasteiger partial charge on any atom is -0.340 e. The molecular formula is C10H20N2O.